The number of carbonyl (C=O) groups excluding carboxylic acids is 2. The van der Waals surface area contributed by atoms with Gasteiger partial charge in [-0.1, -0.05) is 72.8 Å². The Hall–Kier alpha value is -3.36. The van der Waals surface area contributed by atoms with Crippen LogP contribution in [0, 0.1) is 0 Å². The Labute approximate surface area is 203 Å². The van der Waals surface area contributed by atoms with E-state index in [1.165, 1.54) is 5.56 Å². The summed E-state index contributed by atoms with van der Waals surface area (Å²) in [6.07, 6.45) is 0. The fourth-order valence-corrected chi connectivity index (χ4v) is 4.38. The van der Waals surface area contributed by atoms with Gasteiger partial charge in [0.05, 0.1) is 12.3 Å². The zero-order valence-corrected chi connectivity index (χ0v) is 19.7. The molecule has 7 nitrogen and oxygen atoms in total. The molecule has 3 aromatic carbocycles. The van der Waals surface area contributed by atoms with E-state index in [9.17, 15) is 14.4 Å². The summed E-state index contributed by atoms with van der Waals surface area (Å²) in [5, 5.41) is 16.4. The predicted octanol–water partition coefficient (Wildman–Crippen LogP) is 2.89. The zero-order valence-electron chi connectivity index (χ0n) is 18.9. The van der Waals surface area contributed by atoms with Gasteiger partial charge in [0.1, 0.15) is 6.54 Å². The summed E-state index contributed by atoms with van der Waals surface area (Å²) < 4.78 is 0. The van der Waals surface area contributed by atoms with Crippen LogP contribution >= 0.6 is 11.8 Å². The molecule has 178 valence electrons. The van der Waals surface area contributed by atoms with Gasteiger partial charge < -0.3 is 15.7 Å². The summed E-state index contributed by atoms with van der Waals surface area (Å²) in [5.74, 6) is -0.384. The van der Waals surface area contributed by atoms with E-state index in [1.54, 1.807) is 11.8 Å². The van der Waals surface area contributed by atoms with E-state index in [4.69, 9.17) is 5.11 Å². The molecular weight excluding hydrogens is 450 g/mol. The molecule has 8 heteroatoms. The Balaban J connectivity index is 1.54. The molecule has 0 fully saturated rings. The second kappa shape index (κ2) is 13.4. The van der Waals surface area contributed by atoms with Crippen LogP contribution in [0.15, 0.2) is 72.8 Å². The molecule has 0 aliphatic rings. The number of rotatable bonds is 13. The van der Waals surface area contributed by atoms with E-state index in [0.29, 0.717) is 25.4 Å². The molecule has 0 radical (unpaired) electrons. The molecule has 0 aliphatic carbocycles. The number of aliphatic carboxylic acids is 1. The van der Waals surface area contributed by atoms with Gasteiger partial charge in [-0.25, -0.2) is 0 Å². The monoisotopic (exact) mass is 479 g/mol. The number of fused-ring (bicyclic) bond motifs is 1. The average Bonchev–Trinajstić information content (AvgIpc) is 2.83. The zero-order chi connectivity index (χ0) is 24.2. The number of carbonyl (C=O) groups is 3. The van der Waals surface area contributed by atoms with Crippen molar-refractivity contribution < 1.29 is 19.5 Å². The Bertz CT molecular complexity index is 1100. The smallest absolute Gasteiger partial charge is 0.322 e. The summed E-state index contributed by atoms with van der Waals surface area (Å²) in [5.41, 5.74) is 2.24. The summed E-state index contributed by atoms with van der Waals surface area (Å²) in [6.45, 7) is 0.965. The quantitative estimate of drug-likeness (QED) is 0.349. The molecule has 34 heavy (non-hydrogen) atoms. The fourth-order valence-electron chi connectivity index (χ4n) is 3.56. The first-order valence-electron chi connectivity index (χ1n) is 11.1. The molecule has 3 N–H and O–H groups in total. The molecular formula is C26H29N3O4S. The molecule has 0 heterocycles. The predicted molar refractivity (Wildman–Crippen MR) is 135 cm³/mol. The number of amides is 2. The first-order chi connectivity index (χ1) is 16.5. The van der Waals surface area contributed by atoms with Crippen molar-refractivity contribution in [1.82, 2.24) is 15.5 Å². The minimum atomic E-state index is -1.09. The van der Waals surface area contributed by atoms with E-state index in [2.05, 4.69) is 10.6 Å². The van der Waals surface area contributed by atoms with Crippen LogP contribution in [0.1, 0.15) is 11.1 Å². The highest BCUT2D eigenvalue weighted by Crippen LogP contribution is 2.20. The van der Waals surface area contributed by atoms with Crippen molar-refractivity contribution >= 4 is 40.3 Å². The lowest BCUT2D eigenvalue weighted by Crippen LogP contribution is -2.42. The standard InChI is InChI=1S/C26H29N3O4S/c30-24(28-15-26(32)33)17-29(16-22-11-6-10-21-9-4-5-12-23(21)22)14-13-27-25(31)19-34-18-20-7-2-1-3-8-20/h1-12H,13-19H2,(H,27,31)(H,28,30)(H,32,33). The van der Waals surface area contributed by atoms with Gasteiger partial charge in [-0.2, -0.15) is 0 Å². The molecule has 0 bridgehead atoms. The average molecular weight is 480 g/mol. The number of hydrogen-bond acceptors (Lipinski definition) is 5. The second-order valence-electron chi connectivity index (χ2n) is 7.85. The van der Waals surface area contributed by atoms with Crippen molar-refractivity contribution in [3.63, 3.8) is 0 Å². The van der Waals surface area contributed by atoms with Gasteiger partial charge in [-0.05, 0) is 21.9 Å². The van der Waals surface area contributed by atoms with Gasteiger partial charge in [-0.3, -0.25) is 19.3 Å². The third-order valence-electron chi connectivity index (χ3n) is 5.17. The summed E-state index contributed by atoms with van der Waals surface area (Å²) >= 11 is 1.55. The van der Waals surface area contributed by atoms with Crippen molar-refractivity contribution in [3.05, 3.63) is 83.9 Å². The maximum Gasteiger partial charge on any atom is 0.322 e. The number of thioether (sulfide) groups is 1. The summed E-state index contributed by atoms with van der Waals surface area (Å²) in [7, 11) is 0. The molecule has 0 saturated carbocycles. The molecule has 0 saturated heterocycles. The highest BCUT2D eigenvalue weighted by Gasteiger charge is 2.14. The van der Waals surface area contributed by atoms with E-state index >= 15 is 0 Å². The molecule has 0 unspecified atom stereocenters. The van der Waals surface area contributed by atoms with Crippen molar-refractivity contribution in [2.45, 2.75) is 12.3 Å². The number of benzene rings is 3. The SMILES string of the molecule is O=C(O)CNC(=O)CN(CCNC(=O)CSCc1ccccc1)Cc1cccc2ccccc12. The number of carboxylic acids is 1. The van der Waals surface area contributed by atoms with Gasteiger partial charge in [0.2, 0.25) is 11.8 Å². The fraction of sp³-hybridized carbons (Fsp3) is 0.269. The summed E-state index contributed by atoms with van der Waals surface area (Å²) in [4.78, 5) is 37.2. The van der Waals surface area contributed by atoms with Gasteiger partial charge >= 0.3 is 5.97 Å². The molecule has 0 atom stereocenters. The Kier molecular flexibility index (Phi) is 9.94. The van der Waals surface area contributed by atoms with Crippen LogP contribution in [0.2, 0.25) is 0 Å². The maximum absolute atomic E-state index is 12.3. The molecule has 0 spiro atoms. The van der Waals surface area contributed by atoms with Gasteiger partial charge in [0.15, 0.2) is 0 Å². The first-order valence-corrected chi connectivity index (χ1v) is 12.2. The van der Waals surface area contributed by atoms with E-state index < -0.39 is 12.5 Å². The molecule has 0 aliphatic heterocycles. The van der Waals surface area contributed by atoms with Crippen LogP contribution in [0.25, 0.3) is 10.8 Å². The second-order valence-corrected chi connectivity index (χ2v) is 8.83. The van der Waals surface area contributed by atoms with Crippen LogP contribution in [-0.2, 0) is 26.7 Å². The van der Waals surface area contributed by atoms with Crippen LogP contribution in [0.5, 0.6) is 0 Å². The van der Waals surface area contributed by atoms with Crippen molar-refractivity contribution in [2.75, 3.05) is 31.9 Å². The van der Waals surface area contributed by atoms with Crippen molar-refractivity contribution in [1.29, 1.82) is 0 Å². The largest absolute Gasteiger partial charge is 0.480 e. The highest BCUT2D eigenvalue weighted by atomic mass is 32.2. The van der Waals surface area contributed by atoms with E-state index in [-0.39, 0.29) is 18.4 Å². The van der Waals surface area contributed by atoms with Gasteiger partial charge in [0.25, 0.3) is 0 Å². The minimum Gasteiger partial charge on any atom is -0.480 e. The van der Waals surface area contributed by atoms with Crippen LogP contribution in [0.3, 0.4) is 0 Å². The Morgan fingerprint density at radius 3 is 2.38 bits per heavy atom. The lowest BCUT2D eigenvalue weighted by Gasteiger charge is -2.23. The summed E-state index contributed by atoms with van der Waals surface area (Å²) in [6, 6.07) is 24.1. The number of carboxylic acid groups (broad SMARTS) is 1. The minimum absolute atomic E-state index is 0.0368. The molecule has 0 aromatic heterocycles. The Morgan fingerprint density at radius 2 is 1.59 bits per heavy atom. The third-order valence-corrected chi connectivity index (χ3v) is 6.18. The van der Waals surface area contributed by atoms with Crippen LogP contribution in [-0.4, -0.2) is 59.7 Å². The molecule has 3 rings (SSSR count). The first kappa shape index (κ1) is 25.3. The maximum atomic E-state index is 12.3. The van der Waals surface area contributed by atoms with Crippen LogP contribution in [0.4, 0.5) is 0 Å². The topological polar surface area (TPSA) is 98.7 Å². The van der Waals surface area contributed by atoms with E-state index in [1.807, 2.05) is 77.7 Å². The van der Waals surface area contributed by atoms with E-state index in [0.717, 1.165) is 22.1 Å². The lowest BCUT2D eigenvalue weighted by molar-refractivity contribution is -0.138. The number of nitrogens with one attached hydrogen (secondary N) is 2. The van der Waals surface area contributed by atoms with Crippen molar-refractivity contribution in [2.24, 2.45) is 0 Å². The van der Waals surface area contributed by atoms with Crippen LogP contribution < -0.4 is 10.6 Å². The number of nitrogens with zero attached hydrogens (tertiary/aromatic N) is 1. The molecule has 3 aromatic rings. The number of hydrogen-bond donors (Lipinski definition) is 3. The molecule has 2 amide bonds. The highest BCUT2D eigenvalue weighted by molar-refractivity contribution is 7.99. The Morgan fingerprint density at radius 1 is 0.853 bits per heavy atom. The van der Waals surface area contributed by atoms with Gasteiger partial charge in [-0.15, -0.1) is 11.8 Å². The third kappa shape index (κ3) is 8.53. The van der Waals surface area contributed by atoms with Gasteiger partial charge in [0, 0.05) is 25.4 Å². The lowest BCUT2D eigenvalue weighted by atomic mass is 10.0. The normalized spacial score (nSPS) is 10.9. The van der Waals surface area contributed by atoms with Crippen molar-refractivity contribution in [3.8, 4) is 0 Å².